The number of rotatable bonds is 7. The van der Waals surface area contributed by atoms with E-state index < -0.39 is 0 Å². The Morgan fingerprint density at radius 1 is 1.00 bits per heavy atom. The third kappa shape index (κ3) is 5.25. The minimum absolute atomic E-state index is 0.154. The molecule has 2 heterocycles. The number of nitrogens with zero attached hydrogens (tertiary/aromatic N) is 4. The van der Waals surface area contributed by atoms with Gasteiger partial charge in [-0.2, -0.15) is 4.98 Å². The number of benzene rings is 2. The van der Waals surface area contributed by atoms with Gasteiger partial charge >= 0.3 is 0 Å². The number of ether oxygens (including phenoxy) is 2. The molecule has 0 radical (unpaired) electrons. The first kappa shape index (κ1) is 22.2. The van der Waals surface area contributed by atoms with Crippen molar-refractivity contribution in [2.24, 2.45) is 0 Å². The minimum atomic E-state index is -0.354. The fourth-order valence-corrected chi connectivity index (χ4v) is 3.67. The molecule has 0 saturated carbocycles. The smallest absolute Gasteiger partial charge is 0.260 e. The van der Waals surface area contributed by atoms with E-state index in [4.69, 9.17) is 15.2 Å². The molecule has 0 unspecified atom stereocenters. The van der Waals surface area contributed by atoms with Gasteiger partial charge in [-0.25, -0.2) is 4.98 Å². The Morgan fingerprint density at radius 3 is 2.24 bits per heavy atom. The summed E-state index contributed by atoms with van der Waals surface area (Å²) in [4.78, 5) is 25.8. The Morgan fingerprint density at radius 2 is 1.64 bits per heavy atom. The maximum atomic E-state index is 12.6. The van der Waals surface area contributed by atoms with E-state index in [9.17, 15) is 4.79 Å². The predicted molar refractivity (Wildman–Crippen MR) is 129 cm³/mol. The Bertz CT molecular complexity index is 1080. The Balaban J connectivity index is 1.36. The molecule has 2 aromatic carbocycles. The minimum Gasteiger partial charge on any atom is -0.497 e. The maximum absolute atomic E-state index is 12.6. The molecule has 172 valence electrons. The number of piperazine rings is 1. The number of carbonyl (C=O) groups excluding carboxylic acids is 1. The number of methoxy groups -OCH3 is 1. The monoisotopic (exact) mass is 448 g/mol. The molecule has 3 aromatic rings. The van der Waals surface area contributed by atoms with Gasteiger partial charge in [-0.15, -0.1) is 0 Å². The number of hydrogen-bond donors (Lipinski definition) is 2. The van der Waals surface area contributed by atoms with Crippen LogP contribution in [0.4, 0.5) is 23.1 Å². The lowest BCUT2D eigenvalue weighted by molar-refractivity contribution is 0.102. The van der Waals surface area contributed by atoms with Crippen molar-refractivity contribution in [3.63, 3.8) is 0 Å². The number of hydrogen-bond acceptors (Lipinski definition) is 8. The van der Waals surface area contributed by atoms with Gasteiger partial charge in [0.1, 0.15) is 22.9 Å². The van der Waals surface area contributed by atoms with Gasteiger partial charge in [0.2, 0.25) is 5.95 Å². The number of nitrogens with one attached hydrogen (secondary N) is 1. The first-order valence-corrected chi connectivity index (χ1v) is 10.9. The standard InChI is InChI=1S/C24H28N6O3/c1-3-33-20-8-4-17(5-9-20)27-23(31)21-16-26-24(28-22(21)25)30-14-12-29(13-15-30)18-6-10-19(32-2)11-7-18/h4-11,16H,3,12-15H2,1-2H3,(H,27,31)(H2,25,26,28). The zero-order valence-corrected chi connectivity index (χ0v) is 18.8. The van der Waals surface area contributed by atoms with Crippen molar-refractivity contribution in [2.45, 2.75) is 6.92 Å². The third-order valence-corrected chi connectivity index (χ3v) is 5.47. The largest absolute Gasteiger partial charge is 0.497 e. The second kappa shape index (κ2) is 10.1. The van der Waals surface area contributed by atoms with Crippen LogP contribution in [0.2, 0.25) is 0 Å². The molecule has 1 aromatic heterocycles. The molecule has 9 nitrogen and oxygen atoms in total. The van der Waals surface area contributed by atoms with Crippen molar-refractivity contribution in [2.75, 3.05) is 60.7 Å². The zero-order valence-electron chi connectivity index (χ0n) is 18.8. The van der Waals surface area contributed by atoms with Crippen LogP contribution in [0.5, 0.6) is 11.5 Å². The lowest BCUT2D eigenvalue weighted by atomic mass is 10.2. The number of anilines is 4. The van der Waals surface area contributed by atoms with Crippen molar-refractivity contribution in [1.29, 1.82) is 0 Å². The highest BCUT2D eigenvalue weighted by molar-refractivity contribution is 6.07. The van der Waals surface area contributed by atoms with E-state index in [1.165, 1.54) is 6.20 Å². The number of aromatic nitrogens is 2. The number of carbonyl (C=O) groups is 1. The second-order valence-corrected chi connectivity index (χ2v) is 7.55. The van der Waals surface area contributed by atoms with E-state index in [1.807, 2.05) is 19.1 Å². The number of nitrogens with two attached hydrogens (primary N) is 1. The maximum Gasteiger partial charge on any atom is 0.260 e. The van der Waals surface area contributed by atoms with E-state index in [0.717, 1.165) is 43.4 Å². The average molecular weight is 449 g/mol. The van der Waals surface area contributed by atoms with Gasteiger partial charge in [0.15, 0.2) is 0 Å². The number of amides is 1. The van der Waals surface area contributed by atoms with Gasteiger partial charge in [0.05, 0.1) is 13.7 Å². The summed E-state index contributed by atoms with van der Waals surface area (Å²) in [6, 6.07) is 15.2. The average Bonchev–Trinajstić information content (AvgIpc) is 2.85. The summed E-state index contributed by atoms with van der Waals surface area (Å²) in [6.45, 7) is 5.67. The second-order valence-electron chi connectivity index (χ2n) is 7.55. The zero-order chi connectivity index (χ0) is 23.2. The van der Waals surface area contributed by atoms with Crippen LogP contribution in [0.1, 0.15) is 17.3 Å². The van der Waals surface area contributed by atoms with E-state index in [1.54, 1.807) is 31.4 Å². The van der Waals surface area contributed by atoms with Crippen molar-refractivity contribution in [3.8, 4) is 11.5 Å². The summed E-state index contributed by atoms with van der Waals surface area (Å²) in [5, 5.41) is 2.82. The molecular formula is C24H28N6O3. The molecule has 1 amide bonds. The molecule has 1 aliphatic rings. The molecule has 1 aliphatic heterocycles. The summed E-state index contributed by atoms with van der Waals surface area (Å²) < 4.78 is 10.6. The van der Waals surface area contributed by atoms with Crippen molar-refractivity contribution in [3.05, 3.63) is 60.3 Å². The number of nitrogen functional groups attached to an aromatic ring is 1. The molecule has 0 spiro atoms. The highest BCUT2D eigenvalue weighted by Crippen LogP contribution is 2.23. The molecule has 0 atom stereocenters. The van der Waals surface area contributed by atoms with E-state index >= 15 is 0 Å². The van der Waals surface area contributed by atoms with Crippen LogP contribution >= 0.6 is 0 Å². The van der Waals surface area contributed by atoms with E-state index in [-0.39, 0.29) is 17.3 Å². The van der Waals surface area contributed by atoms with Crippen LogP contribution < -0.4 is 30.3 Å². The molecule has 33 heavy (non-hydrogen) atoms. The molecule has 9 heteroatoms. The van der Waals surface area contributed by atoms with Crippen molar-refractivity contribution in [1.82, 2.24) is 9.97 Å². The van der Waals surface area contributed by atoms with Gasteiger partial charge in [-0.1, -0.05) is 0 Å². The highest BCUT2D eigenvalue weighted by atomic mass is 16.5. The van der Waals surface area contributed by atoms with Crippen molar-refractivity contribution < 1.29 is 14.3 Å². The molecular weight excluding hydrogens is 420 g/mol. The molecule has 1 fully saturated rings. The molecule has 3 N–H and O–H groups in total. The van der Waals surface area contributed by atoms with Crippen LogP contribution in [0.15, 0.2) is 54.7 Å². The molecule has 4 rings (SSSR count). The van der Waals surface area contributed by atoms with Gasteiger partial charge < -0.3 is 30.3 Å². The molecule has 1 saturated heterocycles. The predicted octanol–water partition coefficient (Wildman–Crippen LogP) is 3.05. The Hall–Kier alpha value is -4.01. The fourth-order valence-electron chi connectivity index (χ4n) is 3.67. The van der Waals surface area contributed by atoms with Crippen LogP contribution in [0.25, 0.3) is 0 Å². The third-order valence-electron chi connectivity index (χ3n) is 5.47. The molecule has 0 bridgehead atoms. The Kier molecular flexibility index (Phi) is 6.77. The summed E-state index contributed by atoms with van der Waals surface area (Å²) in [7, 11) is 1.66. The fraction of sp³-hybridized carbons (Fsp3) is 0.292. The quantitative estimate of drug-likeness (QED) is 0.568. The highest BCUT2D eigenvalue weighted by Gasteiger charge is 2.21. The lowest BCUT2D eigenvalue weighted by Crippen LogP contribution is -2.47. The van der Waals surface area contributed by atoms with Crippen molar-refractivity contribution >= 4 is 29.0 Å². The molecule has 0 aliphatic carbocycles. The first-order valence-electron chi connectivity index (χ1n) is 10.9. The van der Waals surface area contributed by atoms with E-state index in [2.05, 4.69) is 37.2 Å². The summed E-state index contributed by atoms with van der Waals surface area (Å²) in [5.74, 6) is 1.91. The topological polar surface area (TPSA) is 106 Å². The van der Waals surface area contributed by atoms with E-state index in [0.29, 0.717) is 18.2 Å². The Labute approximate surface area is 193 Å². The van der Waals surface area contributed by atoms with Crippen LogP contribution in [-0.4, -0.2) is 55.8 Å². The summed E-state index contributed by atoms with van der Waals surface area (Å²) in [5.41, 5.74) is 8.14. The van der Waals surface area contributed by atoms with Gasteiger partial charge in [0, 0.05) is 43.8 Å². The van der Waals surface area contributed by atoms with Crippen LogP contribution in [-0.2, 0) is 0 Å². The van der Waals surface area contributed by atoms with Crippen LogP contribution in [0, 0.1) is 0 Å². The van der Waals surface area contributed by atoms with Gasteiger partial charge in [-0.3, -0.25) is 4.79 Å². The summed E-state index contributed by atoms with van der Waals surface area (Å²) >= 11 is 0. The normalized spacial score (nSPS) is 13.5. The first-order chi connectivity index (χ1) is 16.1. The van der Waals surface area contributed by atoms with Gasteiger partial charge in [0.25, 0.3) is 5.91 Å². The lowest BCUT2D eigenvalue weighted by Gasteiger charge is -2.36. The SMILES string of the molecule is CCOc1ccc(NC(=O)c2cnc(N3CCN(c4ccc(OC)cc4)CC3)nc2N)cc1. The van der Waals surface area contributed by atoms with Gasteiger partial charge in [-0.05, 0) is 55.5 Å². The summed E-state index contributed by atoms with van der Waals surface area (Å²) in [6.07, 6.45) is 1.48. The van der Waals surface area contributed by atoms with Crippen LogP contribution in [0.3, 0.4) is 0 Å².